The molecule has 8 heteroatoms. The summed E-state index contributed by atoms with van der Waals surface area (Å²) in [5, 5.41) is 0. The van der Waals surface area contributed by atoms with Gasteiger partial charge in [0.2, 0.25) is 0 Å². The summed E-state index contributed by atoms with van der Waals surface area (Å²) in [6.07, 6.45) is -9.59. The molecule has 19 heavy (non-hydrogen) atoms. The Bertz CT molecular complexity index is 463. The van der Waals surface area contributed by atoms with Gasteiger partial charge >= 0.3 is 12.4 Å². The zero-order chi connectivity index (χ0) is 15.1. The monoisotopic (exact) mass is 350 g/mol. The zero-order valence-electron chi connectivity index (χ0n) is 9.79. The fourth-order valence-corrected chi connectivity index (χ4v) is 1.51. The molecule has 0 aliphatic rings. The molecule has 1 aromatic carbocycles. The molecule has 1 rings (SSSR count). The molecule has 0 saturated heterocycles. The number of ether oxygens (including phenoxy) is 1. The normalized spacial score (nSPS) is 13.5. The Morgan fingerprint density at radius 3 is 1.95 bits per heavy atom. The molecule has 108 valence electrons. The van der Waals surface area contributed by atoms with Crippen LogP contribution in [0.25, 0.3) is 0 Å². The molecule has 1 aromatic rings. The van der Waals surface area contributed by atoms with Crippen LogP contribution in [-0.2, 0) is 6.18 Å². The van der Waals surface area contributed by atoms with Gasteiger partial charge in [-0.05, 0) is 32.0 Å². The third kappa shape index (κ3) is 3.77. The summed E-state index contributed by atoms with van der Waals surface area (Å²) in [6.45, 7) is 1.32. The smallest absolute Gasteiger partial charge is 0.427 e. The Labute approximate surface area is 113 Å². The van der Waals surface area contributed by atoms with Gasteiger partial charge < -0.3 is 4.74 Å². The SMILES string of the molecule is CC(C)(Oc1ccc(Br)cc1C(F)(F)F)C(F)(F)F. The van der Waals surface area contributed by atoms with E-state index < -0.39 is 29.3 Å². The minimum atomic E-state index is -4.80. The number of hydrogen-bond donors (Lipinski definition) is 0. The van der Waals surface area contributed by atoms with Crippen LogP contribution in [0, 0.1) is 0 Å². The first kappa shape index (κ1) is 16.1. The van der Waals surface area contributed by atoms with Crippen LogP contribution >= 0.6 is 15.9 Å². The second kappa shape index (κ2) is 4.88. The third-order valence-electron chi connectivity index (χ3n) is 2.29. The first-order chi connectivity index (χ1) is 8.34. The van der Waals surface area contributed by atoms with Crippen molar-refractivity contribution in [1.82, 2.24) is 0 Å². The number of benzene rings is 1. The van der Waals surface area contributed by atoms with Gasteiger partial charge in [-0.2, -0.15) is 26.3 Å². The zero-order valence-corrected chi connectivity index (χ0v) is 11.4. The molecule has 0 atom stereocenters. The van der Waals surface area contributed by atoms with Crippen molar-refractivity contribution in [1.29, 1.82) is 0 Å². The van der Waals surface area contributed by atoms with Crippen molar-refractivity contribution >= 4 is 15.9 Å². The summed E-state index contributed by atoms with van der Waals surface area (Å²) < 4.78 is 80.6. The highest BCUT2D eigenvalue weighted by Crippen LogP contribution is 2.41. The molecule has 0 saturated carbocycles. The van der Waals surface area contributed by atoms with Crippen LogP contribution in [0.4, 0.5) is 26.3 Å². The van der Waals surface area contributed by atoms with Crippen molar-refractivity contribution in [2.75, 3.05) is 0 Å². The van der Waals surface area contributed by atoms with Gasteiger partial charge in [-0.3, -0.25) is 0 Å². The van der Waals surface area contributed by atoms with Gasteiger partial charge in [0.05, 0.1) is 5.56 Å². The van der Waals surface area contributed by atoms with Crippen LogP contribution in [0.2, 0.25) is 0 Å². The molecule has 0 unspecified atom stereocenters. The third-order valence-corrected chi connectivity index (χ3v) is 2.79. The van der Waals surface area contributed by atoms with E-state index in [-0.39, 0.29) is 4.47 Å². The fourth-order valence-electron chi connectivity index (χ4n) is 1.15. The Morgan fingerprint density at radius 2 is 1.53 bits per heavy atom. The predicted molar refractivity (Wildman–Crippen MR) is 59.9 cm³/mol. The van der Waals surface area contributed by atoms with Gasteiger partial charge in [0, 0.05) is 4.47 Å². The van der Waals surface area contributed by atoms with Crippen LogP contribution in [0.1, 0.15) is 19.4 Å². The largest absolute Gasteiger partial charge is 0.478 e. The molecule has 0 aromatic heterocycles. The van der Waals surface area contributed by atoms with Crippen LogP contribution in [0.15, 0.2) is 22.7 Å². The lowest BCUT2D eigenvalue weighted by molar-refractivity contribution is -0.236. The van der Waals surface area contributed by atoms with Gasteiger partial charge in [-0.1, -0.05) is 15.9 Å². The minimum absolute atomic E-state index is 0.0944. The highest BCUT2D eigenvalue weighted by Gasteiger charge is 2.50. The van der Waals surface area contributed by atoms with Crippen molar-refractivity contribution in [3.63, 3.8) is 0 Å². The van der Waals surface area contributed by atoms with Crippen LogP contribution in [0.3, 0.4) is 0 Å². The maximum atomic E-state index is 12.7. The molecule has 0 fully saturated rings. The molecule has 0 heterocycles. The summed E-state index contributed by atoms with van der Waals surface area (Å²) in [5.74, 6) is -0.863. The summed E-state index contributed by atoms with van der Waals surface area (Å²) >= 11 is 2.83. The second-order valence-corrected chi connectivity index (χ2v) is 5.16. The Hall–Kier alpha value is -0.920. The van der Waals surface area contributed by atoms with Gasteiger partial charge in [0.1, 0.15) is 5.75 Å². The molecular formula is C11H9BrF6O. The average molecular weight is 351 g/mol. The van der Waals surface area contributed by atoms with E-state index in [4.69, 9.17) is 0 Å². The van der Waals surface area contributed by atoms with Crippen LogP contribution in [0.5, 0.6) is 5.75 Å². The Kier molecular flexibility index (Phi) is 4.15. The van der Waals surface area contributed by atoms with Crippen LogP contribution < -0.4 is 4.74 Å². The molecular weight excluding hydrogens is 342 g/mol. The molecule has 0 radical (unpaired) electrons. The average Bonchev–Trinajstić information content (AvgIpc) is 2.17. The number of alkyl halides is 6. The molecule has 0 aliphatic carbocycles. The highest BCUT2D eigenvalue weighted by molar-refractivity contribution is 9.10. The summed E-state index contributed by atoms with van der Waals surface area (Å²) in [4.78, 5) is 0. The van der Waals surface area contributed by atoms with Crippen molar-refractivity contribution in [2.24, 2.45) is 0 Å². The lowest BCUT2D eigenvalue weighted by Gasteiger charge is -2.30. The Balaban J connectivity index is 3.23. The van der Waals surface area contributed by atoms with Crippen molar-refractivity contribution in [3.05, 3.63) is 28.2 Å². The summed E-state index contributed by atoms with van der Waals surface area (Å²) in [7, 11) is 0. The molecule has 0 spiro atoms. The van der Waals surface area contributed by atoms with Crippen molar-refractivity contribution < 1.29 is 31.1 Å². The van der Waals surface area contributed by atoms with E-state index in [1.54, 1.807) is 0 Å². The van der Waals surface area contributed by atoms with Gasteiger partial charge in [-0.15, -0.1) is 0 Å². The quantitative estimate of drug-likeness (QED) is 0.667. The lowest BCUT2D eigenvalue weighted by atomic mass is 10.1. The van der Waals surface area contributed by atoms with Gasteiger partial charge in [0.25, 0.3) is 0 Å². The molecule has 1 nitrogen and oxygen atoms in total. The Morgan fingerprint density at radius 1 is 1.00 bits per heavy atom. The summed E-state index contributed by atoms with van der Waals surface area (Å²) in [6, 6.07) is 2.69. The molecule has 0 amide bonds. The maximum absolute atomic E-state index is 12.7. The maximum Gasteiger partial charge on any atom is 0.427 e. The van der Waals surface area contributed by atoms with E-state index in [9.17, 15) is 26.3 Å². The predicted octanol–water partition coefficient (Wildman–Crippen LogP) is 5.19. The lowest BCUT2D eigenvalue weighted by Crippen LogP contribution is -2.44. The van der Waals surface area contributed by atoms with E-state index in [1.807, 2.05) is 0 Å². The highest BCUT2D eigenvalue weighted by atomic mass is 79.9. The topological polar surface area (TPSA) is 9.23 Å². The van der Waals surface area contributed by atoms with E-state index >= 15 is 0 Å². The van der Waals surface area contributed by atoms with Crippen molar-refractivity contribution in [3.8, 4) is 5.75 Å². The van der Waals surface area contributed by atoms with E-state index in [0.29, 0.717) is 19.9 Å². The number of halogens is 7. The molecule has 0 N–H and O–H groups in total. The van der Waals surface area contributed by atoms with E-state index in [2.05, 4.69) is 20.7 Å². The van der Waals surface area contributed by atoms with E-state index in [0.717, 1.165) is 6.07 Å². The number of rotatable bonds is 2. The van der Waals surface area contributed by atoms with Gasteiger partial charge in [-0.25, -0.2) is 0 Å². The molecule has 0 bridgehead atoms. The van der Waals surface area contributed by atoms with E-state index in [1.165, 1.54) is 6.07 Å². The van der Waals surface area contributed by atoms with Crippen LogP contribution in [-0.4, -0.2) is 11.8 Å². The van der Waals surface area contributed by atoms with Crippen molar-refractivity contribution in [2.45, 2.75) is 31.8 Å². The first-order valence-corrected chi connectivity index (χ1v) is 5.76. The number of hydrogen-bond acceptors (Lipinski definition) is 1. The standard InChI is InChI=1S/C11H9BrF6O/c1-9(2,11(16,17)18)19-8-4-3-6(12)5-7(8)10(13,14)15/h3-5H,1-2H3. The second-order valence-electron chi connectivity index (χ2n) is 4.25. The molecule has 0 aliphatic heterocycles. The van der Waals surface area contributed by atoms with Gasteiger partial charge in [0.15, 0.2) is 5.60 Å². The first-order valence-electron chi connectivity index (χ1n) is 4.97. The minimum Gasteiger partial charge on any atom is -0.478 e. The fraction of sp³-hybridized carbons (Fsp3) is 0.455. The summed E-state index contributed by atoms with van der Waals surface area (Å²) in [5.41, 5.74) is -3.99.